The lowest BCUT2D eigenvalue weighted by atomic mass is 9.80. The molecule has 0 radical (unpaired) electrons. The minimum absolute atomic E-state index is 0.207. The number of hydrogen-bond acceptors (Lipinski definition) is 2. The topological polar surface area (TPSA) is 32.3 Å². The molecule has 1 heterocycles. The minimum Gasteiger partial charge on any atom is -0.338 e. The van der Waals surface area contributed by atoms with Gasteiger partial charge in [-0.25, -0.2) is 0 Å². The van der Waals surface area contributed by atoms with E-state index in [0.29, 0.717) is 24.3 Å². The molecule has 0 spiro atoms. The number of nitrogens with zero attached hydrogens (tertiary/aromatic N) is 1. The standard InChI is InChI=1S/C16H32N2O/c1-6-10-18(14-8-7-9-17-12-14)15(19)11-13(2)16(3,4)5/h13-14,17H,6-12H2,1-5H3. The van der Waals surface area contributed by atoms with E-state index in [2.05, 4.69) is 44.8 Å². The van der Waals surface area contributed by atoms with E-state index in [4.69, 9.17) is 0 Å². The lowest BCUT2D eigenvalue weighted by molar-refractivity contribution is -0.135. The van der Waals surface area contributed by atoms with Crippen molar-refractivity contribution in [3.05, 3.63) is 0 Å². The second-order valence-electron chi connectivity index (χ2n) is 7.06. The van der Waals surface area contributed by atoms with Gasteiger partial charge in [0.1, 0.15) is 0 Å². The van der Waals surface area contributed by atoms with Gasteiger partial charge in [0.25, 0.3) is 0 Å². The number of carbonyl (C=O) groups is 1. The van der Waals surface area contributed by atoms with Crippen LogP contribution >= 0.6 is 0 Å². The number of amides is 1. The number of piperidine rings is 1. The fraction of sp³-hybridized carbons (Fsp3) is 0.938. The number of carbonyl (C=O) groups excluding carboxylic acids is 1. The Morgan fingerprint density at radius 2 is 2.11 bits per heavy atom. The Kier molecular flexibility index (Phi) is 6.31. The zero-order chi connectivity index (χ0) is 14.5. The Hall–Kier alpha value is -0.570. The van der Waals surface area contributed by atoms with Gasteiger partial charge in [-0.1, -0.05) is 34.6 Å². The van der Waals surface area contributed by atoms with Crippen LogP contribution in [0.5, 0.6) is 0 Å². The molecule has 1 amide bonds. The maximum Gasteiger partial charge on any atom is 0.223 e. The second kappa shape index (κ2) is 7.28. The van der Waals surface area contributed by atoms with Gasteiger partial charge in [-0.3, -0.25) is 4.79 Å². The lowest BCUT2D eigenvalue weighted by Gasteiger charge is -2.36. The molecule has 2 atom stereocenters. The van der Waals surface area contributed by atoms with Crippen LogP contribution < -0.4 is 5.32 Å². The molecule has 0 aromatic carbocycles. The predicted octanol–water partition coefficient (Wildman–Crippen LogP) is 3.05. The van der Waals surface area contributed by atoms with Gasteiger partial charge in [-0.05, 0) is 37.1 Å². The lowest BCUT2D eigenvalue weighted by Crippen LogP contribution is -2.49. The van der Waals surface area contributed by atoms with Crippen LogP contribution in [0.3, 0.4) is 0 Å². The third-order valence-electron chi connectivity index (χ3n) is 4.46. The molecule has 19 heavy (non-hydrogen) atoms. The molecule has 1 aliphatic heterocycles. The van der Waals surface area contributed by atoms with Gasteiger partial charge >= 0.3 is 0 Å². The molecular formula is C16H32N2O. The van der Waals surface area contributed by atoms with Crippen LogP contribution in [0.4, 0.5) is 0 Å². The molecular weight excluding hydrogens is 236 g/mol. The quantitative estimate of drug-likeness (QED) is 0.831. The van der Waals surface area contributed by atoms with Crippen molar-refractivity contribution in [3.8, 4) is 0 Å². The molecule has 2 unspecified atom stereocenters. The monoisotopic (exact) mass is 268 g/mol. The van der Waals surface area contributed by atoms with E-state index in [1.54, 1.807) is 0 Å². The highest BCUT2D eigenvalue weighted by Gasteiger charge is 2.28. The summed E-state index contributed by atoms with van der Waals surface area (Å²) in [5, 5.41) is 3.42. The molecule has 1 fully saturated rings. The summed E-state index contributed by atoms with van der Waals surface area (Å²) in [7, 11) is 0. The van der Waals surface area contributed by atoms with Gasteiger partial charge in [0.2, 0.25) is 5.91 Å². The van der Waals surface area contributed by atoms with Crippen molar-refractivity contribution in [2.24, 2.45) is 11.3 Å². The Balaban J connectivity index is 2.61. The highest BCUT2D eigenvalue weighted by molar-refractivity contribution is 5.76. The molecule has 0 saturated carbocycles. The molecule has 0 aliphatic carbocycles. The normalized spacial score (nSPS) is 22.1. The van der Waals surface area contributed by atoms with Gasteiger partial charge in [0.15, 0.2) is 0 Å². The number of hydrogen-bond donors (Lipinski definition) is 1. The van der Waals surface area contributed by atoms with Gasteiger partial charge < -0.3 is 10.2 Å². The molecule has 1 aliphatic rings. The molecule has 1 rings (SSSR count). The van der Waals surface area contributed by atoms with E-state index in [-0.39, 0.29) is 5.41 Å². The van der Waals surface area contributed by atoms with Gasteiger partial charge in [0, 0.05) is 25.6 Å². The molecule has 0 bridgehead atoms. The molecule has 0 aromatic heterocycles. The van der Waals surface area contributed by atoms with Crippen LogP contribution in [0.1, 0.15) is 60.3 Å². The molecule has 1 N–H and O–H groups in total. The first-order valence-corrected chi connectivity index (χ1v) is 7.86. The van der Waals surface area contributed by atoms with Gasteiger partial charge in [-0.2, -0.15) is 0 Å². The van der Waals surface area contributed by atoms with E-state index in [1.165, 1.54) is 6.42 Å². The van der Waals surface area contributed by atoms with E-state index in [9.17, 15) is 4.79 Å². The predicted molar refractivity (Wildman–Crippen MR) is 81.1 cm³/mol. The summed E-state index contributed by atoms with van der Waals surface area (Å²) >= 11 is 0. The van der Waals surface area contributed by atoms with Crippen LogP contribution in [0.2, 0.25) is 0 Å². The highest BCUT2D eigenvalue weighted by atomic mass is 16.2. The average molecular weight is 268 g/mol. The summed E-state index contributed by atoms with van der Waals surface area (Å²) in [5.41, 5.74) is 0.207. The van der Waals surface area contributed by atoms with Crippen LogP contribution in [-0.2, 0) is 4.79 Å². The highest BCUT2D eigenvalue weighted by Crippen LogP contribution is 2.29. The van der Waals surface area contributed by atoms with Crippen LogP contribution in [0.15, 0.2) is 0 Å². The summed E-state index contributed by atoms with van der Waals surface area (Å²) in [4.78, 5) is 14.7. The number of nitrogens with one attached hydrogen (secondary N) is 1. The summed E-state index contributed by atoms with van der Waals surface area (Å²) in [6.07, 6.45) is 4.07. The van der Waals surface area contributed by atoms with Crippen molar-refractivity contribution >= 4 is 5.91 Å². The zero-order valence-corrected chi connectivity index (χ0v) is 13.5. The number of rotatable bonds is 5. The fourth-order valence-electron chi connectivity index (χ4n) is 2.54. The van der Waals surface area contributed by atoms with Crippen LogP contribution in [0, 0.1) is 11.3 Å². The smallest absolute Gasteiger partial charge is 0.223 e. The van der Waals surface area contributed by atoms with Crippen molar-refractivity contribution in [2.45, 2.75) is 66.3 Å². The minimum atomic E-state index is 0.207. The summed E-state index contributed by atoms with van der Waals surface area (Å²) in [5.74, 6) is 0.772. The van der Waals surface area contributed by atoms with Crippen LogP contribution in [-0.4, -0.2) is 36.5 Å². The first kappa shape index (κ1) is 16.5. The Morgan fingerprint density at radius 3 is 2.58 bits per heavy atom. The third kappa shape index (κ3) is 5.13. The van der Waals surface area contributed by atoms with E-state index in [1.807, 2.05) is 0 Å². The molecule has 0 aromatic rings. The summed E-state index contributed by atoms with van der Waals surface area (Å²) < 4.78 is 0. The Labute approximate surface area is 119 Å². The second-order valence-corrected chi connectivity index (χ2v) is 7.06. The molecule has 3 heteroatoms. The largest absolute Gasteiger partial charge is 0.338 e. The average Bonchev–Trinajstić information content (AvgIpc) is 2.35. The molecule has 112 valence electrons. The summed E-state index contributed by atoms with van der Waals surface area (Å²) in [6, 6.07) is 0.411. The molecule has 3 nitrogen and oxygen atoms in total. The maximum absolute atomic E-state index is 12.6. The van der Waals surface area contributed by atoms with Crippen molar-refractivity contribution in [3.63, 3.8) is 0 Å². The first-order chi connectivity index (χ1) is 8.86. The third-order valence-corrected chi connectivity index (χ3v) is 4.46. The van der Waals surface area contributed by atoms with Gasteiger partial charge in [0.05, 0.1) is 0 Å². The Bertz CT molecular complexity index is 277. The summed E-state index contributed by atoms with van der Waals surface area (Å²) in [6.45, 7) is 14.0. The fourth-order valence-corrected chi connectivity index (χ4v) is 2.54. The zero-order valence-electron chi connectivity index (χ0n) is 13.5. The Morgan fingerprint density at radius 1 is 1.42 bits per heavy atom. The van der Waals surface area contributed by atoms with E-state index < -0.39 is 0 Å². The first-order valence-electron chi connectivity index (χ1n) is 7.86. The van der Waals surface area contributed by atoms with Crippen molar-refractivity contribution in [1.82, 2.24) is 10.2 Å². The van der Waals surface area contributed by atoms with E-state index in [0.717, 1.165) is 32.5 Å². The van der Waals surface area contributed by atoms with Crippen molar-refractivity contribution in [1.29, 1.82) is 0 Å². The van der Waals surface area contributed by atoms with E-state index >= 15 is 0 Å². The van der Waals surface area contributed by atoms with Crippen LogP contribution in [0.25, 0.3) is 0 Å². The SMILES string of the molecule is CCCN(C(=O)CC(C)C(C)(C)C)C1CCCNC1. The maximum atomic E-state index is 12.6. The van der Waals surface area contributed by atoms with Crippen molar-refractivity contribution < 1.29 is 4.79 Å². The van der Waals surface area contributed by atoms with Gasteiger partial charge in [-0.15, -0.1) is 0 Å². The molecule has 1 saturated heterocycles. The van der Waals surface area contributed by atoms with Crippen molar-refractivity contribution in [2.75, 3.05) is 19.6 Å².